The summed E-state index contributed by atoms with van der Waals surface area (Å²) in [7, 11) is 3.81. The Morgan fingerprint density at radius 2 is 2.15 bits per heavy atom. The third-order valence-corrected chi connectivity index (χ3v) is 3.67. The third kappa shape index (κ3) is 2.82. The standard InChI is InChI=1S/C15H22N4O/c1-5-18(3)15(20)11(2)16-10-14-17-12-8-6-7-9-13(12)19(14)4/h6-9,11,16H,5,10H2,1-4H3. The number of imidazole rings is 1. The molecule has 1 aromatic carbocycles. The van der Waals surface area contributed by atoms with Crippen molar-refractivity contribution in [3.63, 3.8) is 0 Å². The predicted molar refractivity (Wildman–Crippen MR) is 80.3 cm³/mol. The smallest absolute Gasteiger partial charge is 0.239 e. The number of hydrogen-bond donors (Lipinski definition) is 1. The van der Waals surface area contributed by atoms with Crippen LogP contribution < -0.4 is 5.32 Å². The number of para-hydroxylation sites is 2. The number of likely N-dealkylation sites (N-methyl/N-ethyl adjacent to an activating group) is 1. The van der Waals surface area contributed by atoms with E-state index < -0.39 is 0 Å². The first-order valence-corrected chi connectivity index (χ1v) is 6.93. The van der Waals surface area contributed by atoms with Crippen molar-refractivity contribution < 1.29 is 4.79 Å². The number of benzene rings is 1. The second-order valence-corrected chi connectivity index (χ2v) is 5.03. The minimum Gasteiger partial charge on any atom is -0.345 e. The predicted octanol–water partition coefficient (Wildman–Crippen LogP) is 1.53. The zero-order chi connectivity index (χ0) is 14.7. The molecule has 5 nitrogen and oxygen atoms in total. The molecule has 0 bridgehead atoms. The first kappa shape index (κ1) is 14.5. The maximum absolute atomic E-state index is 12.0. The molecule has 1 unspecified atom stereocenters. The number of fused-ring (bicyclic) bond motifs is 1. The van der Waals surface area contributed by atoms with Crippen molar-refractivity contribution in [2.24, 2.45) is 7.05 Å². The number of aromatic nitrogens is 2. The quantitative estimate of drug-likeness (QED) is 0.899. The number of nitrogens with one attached hydrogen (secondary N) is 1. The number of carbonyl (C=O) groups is 1. The van der Waals surface area contributed by atoms with E-state index in [9.17, 15) is 4.79 Å². The molecule has 1 atom stereocenters. The van der Waals surface area contributed by atoms with Crippen LogP contribution in [0.3, 0.4) is 0 Å². The number of nitrogens with zero attached hydrogens (tertiary/aromatic N) is 3. The summed E-state index contributed by atoms with van der Waals surface area (Å²) in [6.45, 7) is 5.15. The lowest BCUT2D eigenvalue weighted by molar-refractivity contribution is -0.131. The van der Waals surface area contributed by atoms with Crippen molar-refractivity contribution in [2.45, 2.75) is 26.4 Å². The molecule has 1 heterocycles. The van der Waals surface area contributed by atoms with E-state index in [-0.39, 0.29) is 11.9 Å². The topological polar surface area (TPSA) is 50.2 Å². The zero-order valence-electron chi connectivity index (χ0n) is 12.6. The van der Waals surface area contributed by atoms with Crippen molar-refractivity contribution in [1.29, 1.82) is 0 Å². The van der Waals surface area contributed by atoms with E-state index in [1.807, 2.05) is 52.2 Å². The highest BCUT2D eigenvalue weighted by Gasteiger charge is 2.16. The summed E-state index contributed by atoms with van der Waals surface area (Å²) in [5.74, 6) is 1.04. The van der Waals surface area contributed by atoms with E-state index in [0.29, 0.717) is 6.54 Å². The summed E-state index contributed by atoms with van der Waals surface area (Å²) in [6.07, 6.45) is 0. The average molecular weight is 274 g/mol. The van der Waals surface area contributed by atoms with Gasteiger partial charge in [-0.3, -0.25) is 10.1 Å². The lowest BCUT2D eigenvalue weighted by atomic mass is 10.3. The zero-order valence-corrected chi connectivity index (χ0v) is 12.6. The molecule has 2 rings (SSSR count). The molecule has 1 amide bonds. The fourth-order valence-electron chi connectivity index (χ4n) is 2.17. The molecule has 1 N–H and O–H groups in total. The van der Waals surface area contributed by atoms with Crippen molar-refractivity contribution in [1.82, 2.24) is 19.8 Å². The van der Waals surface area contributed by atoms with Crippen LogP contribution in [0.25, 0.3) is 11.0 Å². The van der Waals surface area contributed by atoms with E-state index >= 15 is 0 Å². The van der Waals surface area contributed by atoms with Crippen LogP contribution in [-0.4, -0.2) is 40.0 Å². The lowest BCUT2D eigenvalue weighted by Gasteiger charge is -2.20. The fourth-order valence-corrected chi connectivity index (χ4v) is 2.17. The van der Waals surface area contributed by atoms with Gasteiger partial charge in [-0.1, -0.05) is 12.1 Å². The number of rotatable bonds is 5. The second kappa shape index (κ2) is 6.05. The molecule has 20 heavy (non-hydrogen) atoms. The van der Waals surface area contributed by atoms with E-state index in [2.05, 4.69) is 14.9 Å². The van der Waals surface area contributed by atoms with Gasteiger partial charge < -0.3 is 9.47 Å². The minimum atomic E-state index is -0.209. The largest absolute Gasteiger partial charge is 0.345 e. The van der Waals surface area contributed by atoms with Gasteiger partial charge in [0.1, 0.15) is 5.82 Å². The molecule has 0 fully saturated rings. The Kier molecular flexibility index (Phi) is 4.39. The van der Waals surface area contributed by atoms with Gasteiger partial charge in [0.25, 0.3) is 0 Å². The van der Waals surface area contributed by atoms with Crippen molar-refractivity contribution in [2.75, 3.05) is 13.6 Å². The molecule has 0 saturated heterocycles. The van der Waals surface area contributed by atoms with Gasteiger partial charge in [0.05, 0.1) is 23.6 Å². The summed E-state index contributed by atoms with van der Waals surface area (Å²) in [6, 6.07) is 7.82. The summed E-state index contributed by atoms with van der Waals surface area (Å²) in [5.41, 5.74) is 2.09. The van der Waals surface area contributed by atoms with Crippen LogP contribution in [0.5, 0.6) is 0 Å². The molecule has 0 saturated carbocycles. The highest BCUT2D eigenvalue weighted by molar-refractivity contribution is 5.81. The van der Waals surface area contributed by atoms with Crippen molar-refractivity contribution >= 4 is 16.9 Å². The van der Waals surface area contributed by atoms with Crippen LogP contribution in [0.15, 0.2) is 24.3 Å². The molecule has 0 spiro atoms. The Bertz CT molecular complexity index is 605. The van der Waals surface area contributed by atoms with Gasteiger partial charge in [0, 0.05) is 20.6 Å². The molecule has 0 aliphatic carbocycles. The SMILES string of the molecule is CCN(C)C(=O)C(C)NCc1nc2ccccc2n1C. The van der Waals surface area contributed by atoms with E-state index in [1.165, 1.54) is 0 Å². The van der Waals surface area contributed by atoms with Gasteiger partial charge in [-0.05, 0) is 26.0 Å². The van der Waals surface area contributed by atoms with Gasteiger partial charge in [-0.15, -0.1) is 0 Å². The Labute approximate surface area is 119 Å². The average Bonchev–Trinajstić information content (AvgIpc) is 2.80. The number of aryl methyl sites for hydroxylation is 1. The van der Waals surface area contributed by atoms with Gasteiger partial charge in [-0.25, -0.2) is 4.98 Å². The number of carbonyl (C=O) groups excluding carboxylic acids is 1. The molecule has 0 radical (unpaired) electrons. The maximum atomic E-state index is 12.0. The lowest BCUT2D eigenvalue weighted by Crippen LogP contribution is -2.43. The normalized spacial score (nSPS) is 12.6. The highest BCUT2D eigenvalue weighted by Crippen LogP contribution is 2.14. The molecule has 0 aliphatic rings. The van der Waals surface area contributed by atoms with E-state index in [0.717, 1.165) is 23.4 Å². The number of hydrogen-bond acceptors (Lipinski definition) is 3. The highest BCUT2D eigenvalue weighted by atomic mass is 16.2. The Morgan fingerprint density at radius 1 is 1.45 bits per heavy atom. The van der Waals surface area contributed by atoms with Gasteiger partial charge in [0.15, 0.2) is 0 Å². The molecular formula is C15H22N4O. The van der Waals surface area contributed by atoms with E-state index in [4.69, 9.17) is 0 Å². The molecule has 2 aromatic rings. The summed E-state index contributed by atoms with van der Waals surface area (Å²) < 4.78 is 2.06. The first-order chi connectivity index (χ1) is 9.54. The molecular weight excluding hydrogens is 252 g/mol. The molecule has 108 valence electrons. The number of amides is 1. The maximum Gasteiger partial charge on any atom is 0.239 e. The molecule has 1 aromatic heterocycles. The van der Waals surface area contributed by atoms with E-state index in [1.54, 1.807) is 4.90 Å². The molecule has 0 aliphatic heterocycles. The van der Waals surface area contributed by atoms with Crippen molar-refractivity contribution in [3.05, 3.63) is 30.1 Å². The fraction of sp³-hybridized carbons (Fsp3) is 0.467. The summed E-state index contributed by atoms with van der Waals surface area (Å²) in [5, 5.41) is 3.24. The van der Waals surface area contributed by atoms with Crippen LogP contribution in [0.2, 0.25) is 0 Å². The first-order valence-electron chi connectivity index (χ1n) is 6.93. The minimum absolute atomic E-state index is 0.103. The Balaban J connectivity index is 2.06. The van der Waals surface area contributed by atoms with Crippen LogP contribution in [0, 0.1) is 0 Å². The molecule has 5 heteroatoms. The van der Waals surface area contributed by atoms with Crippen molar-refractivity contribution in [3.8, 4) is 0 Å². The van der Waals surface area contributed by atoms with Crippen LogP contribution in [0.1, 0.15) is 19.7 Å². The van der Waals surface area contributed by atoms with Crippen LogP contribution in [-0.2, 0) is 18.4 Å². The van der Waals surface area contributed by atoms with Gasteiger partial charge in [-0.2, -0.15) is 0 Å². The van der Waals surface area contributed by atoms with Crippen LogP contribution >= 0.6 is 0 Å². The summed E-state index contributed by atoms with van der Waals surface area (Å²) >= 11 is 0. The monoisotopic (exact) mass is 274 g/mol. The second-order valence-electron chi connectivity index (χ2n) is 5.03. The third-order valence-electron chi connectivity index (χ3n) is 3.67. The van der Waals surface area contributed by atoms with Gasteiger partial charge >= 0.3 is 0 Å². The summed E-state index contributed by atoms with van der Waals surface area (Å²) in [4.78, 5) is 18.3. The van der Waals surface area contributed by atoms with Gasteiger partial charge in [0.2, 0.25) is 5.91 Å². The van der Waals surface area contributed by atoms with Crippen LogP contribution in [0.4, 0.5) is 0 Å². The Morgan fingerprint density at radius 3 is 2.80 bits per heavy atom. The Hall–Kier alpha value is -1.88.